The number of sulfone groups is 1. The van der Waals surface area contributed by atoms with Gasteiger partial charge in [0, 0.05) is 42.9 Å². The average molecular weight is 552 g/mol. The zero-order chi connectivity index (χ0) is 27.7. The van der Waals surface area contributed by atoms with E-state index in [2.05, 4.69) is 15.3 Å². The molecule has 3 aromatic heterocycles. The number of carbonyl (C=O) groups is 1. The summed E-state index contributed by atoms with van der Waals surface area (Å²) in [5.41, 5.74) is 8.35. The first kappa shape index (κ1) is 25.9. The highest BCUT2D eigenvalue weighted by molar-refractivity contribution is 7.91. The zero-order valence-electron chi connectivity index (χ0n) is 22.5. The number of cyclic esters (lactones) is 1. The van der Waals surface area contributed by atoms with Crippen molar-refractivity contribution < 1.29 is 22.7 Å². The van der Waals surface area contributed by atoms with Crippen LogP contribution >= 0.6 is 0 Å². The lowest BCUT2D eigenvalue weighted by Crippen LogP contribution is -2.42. The van der Waals surface area contributed by atoms with E-state index in [1.807, 2.05) is 26.8 Å². The molecule has 6 rings (SSSR count). The molecule has 0 saturated heterocycles. The van der Waals surface area contributed by atoms with Crippen molar-refractivity contribution in [3.05, 3.63) is 47.4 Å². The standard InChI is InChI=1S/C28H33N5O5S/c1-14-15(2)37-27(34)19-7-8-23(33-25(14)19)32-24-11-20-21(12-30-24)26(38-17-9-18(10-17)39(4,35)36)31-13-22(20)28(3,29)16-5-6-16/h7-8,11-18H,5-6,9-10,29H2,1-4H3,(H,30,32,33)/t14-,15-,17?,18?,28?/m0/s1. The van der Waals surface area contributed by atoms with Crippen LogP contribution in [-0.4, -0.2) is 53.1 Å². The number of hydrogen-bond acceptors (Lipinski definition) is 10. The lowest BCUT2D eigenvalue weighted by atomic mass is 9.86. The smallest absolute Gasteiger partial charge is 0.340 e. The third-order valence-corrected chi connectivity index (χ3v) is 10.1. The highest BCUT2D eigenvalue weighted by Gasteiger charge is 2.42. The van der Waals surface area contributed by atoms with E-state index < -0.39 is 15.4 Å². The number of hydrogen-bond donors (Lipinski definition) is 2. The molecule has 4 heterocycles. The van der Waals surface area contributed by atoms with Gasteiger partial charge in [0.25, 0.3) is 0 Å². The van der Waals surface area contributed by atoms with Crippen LogP contribution in [0.3, 0.4) is 0 Å². The highest BCUT2D eigenvalue weighted by atomic mass is 32.2. The maximum absolute atomic E-state index is 12.3. The maximum Gasteiger partial charge on any atom is 0.340 e. The maximum atomic E-state index is 12.3. The average Bonchev–Trinajstić information content (AvgIpc) is 3.70. The van der Waals surface area contributed by atoms with E-state index in [9.17, 15) is 13.2 Å². The second-order valence-electron chi connectivity index (χ2n) is 11.5. The number of aromatic nitrogens is 3. The number of anilines is 2. The number of ether oxygens (including phenoxy) is 2. The molecule has 3 aliphatic rings. The van der Waals surface area contributed by atoms with E-state index >= 15 is 0 Å². The van der Waals surface area contributed by atoms with Crippen molar-refractivity contribution in [2.75, 3.05) is 11.6 Å². The fourth-order valence-corrected chi connectivity index (χ4v) is 6.61. The number of fused-ring (bicyclic) bond motifs is 2. The van der Waals surface area contributed by atoms with Crippen LogP contribution in [0, 0.1) is 5.92 Å². The Labute approximate surface area is 227 Å². The van der Waals surface area contributed by atoms with Gasteiger partial charge in [-0.1, -0.05) is 6.92 Å². The summed E-state index contributed by atoms with van der Waals surface area (Å²) < 4.78 is 35.2. The molecule has 0 spiro atoms. The molecule has 1 aliphatic heterocycles. The SMILES string of the molecule is C[C@@H]1OC(=O)c2ccc(Nc3cc4c(C(C)(N)C5CC5)cnc(OC5CC(S(C)(=O)=O)C5)c4cn3)nc2[C@H]1C. The number of nitrogens with one attached hydrogen (secondary N) is 1. The van der Waals surface area contributed by atoms with Gasteiger partial charge in [0.05, 0.1) is 21.9 Å². The molecule has 1 unspecified atom stereocenters. The fraction of sp³-hybridized carbons (Fsp3) is 0.500. The second-order valence-corrected chi connectivity index (χ2v) is 13.8. The quantitative estimate of drug-likeness (QED) is 0.414. The van der Waals surface area contributed by atoms with E-state index in [0.717, 1.165) is 29.2 Å². The molecule has 0 amide bonds. The van der Waals surface area contributed by atoms with Gasteiger partial charge in [0.1, 0.15) is 23.8 Å². The van der Waals surface area contributed by atoms with Gasteiger partial charge in [0.15, 0.2) is 9.84 Å². The molecule has 2 fully saturated rings. The fourth-order valence-electron chi connectivity index (χ4n) is 5.48. The highest BCUT2D eigenvalue weighted by Crippen LogP contribution is 2.46. The van der Waals surface area contributed by atoms with Crippen LogP contribution in [0.15, 0.2) is 30.6 Å². The Hall–Kier alpha value is -3.31. The first-order valence-electron chi connectivity index (χ1n) is 13.3. The third kappa shape index (κ3) is 4.71. The number of pyridine rings is 3. The van der Waals surface area contributed by atoms with Crippen molar-refractivity contribution in [2.45, 2.75) is 75.4 Å². The Kier molecular flexibility index (Phi) is 6.07. The lowest BCUT2D eigenvalue weighted by Gasteiger charge is -2.34. The van der Waals surface area contributed by atoms with Gasteiger partial charge >= 0.3 is 5.97 Å². The van der Waals surface area contributed by atoms with Crippen molar-refractivity contribution in [3.8, 4) is 5.88 Å². The minimum atomic E-state index is -3.08. The minimum absolute atomic E-state index is 0.0355. The Morgan fingerprint density at radius 3 is 2.54 bits per heavy atom. The molecule has 3 aromatic rings. The van der Waals surface area contributed by atoms with E-state index in [-0.39, 0.29) is 29.3 Å². The van der Waals surface area contributed by atoms with Crippen molar-refractivity contribution in [2.24, 2.45) is 11.7 Å². The van der Waals surface area contributed by atoms with Crippen LogP contribution in [0.1, 0.15) is 74.0 Å². The van der Waals surface area contributed by atoms with E-state index in [1.54, 1.807) is 24.5 Å². The molecule has 3 atom stereocenters. The van der Waals surface area contributed by atoms with Gasteiger partial charge in [-0.05, 0) is 61.8 Å². The summed E-state index contributed by atoms with van der Waals surface area (Å²) in [7, 11) is -3.08. The lowest BCUT2D eigenvalue weighted by molar-refractivity contribution is 0.0235. The molecule has 2 saturated carbocycles. The summed E-state index contributed by atoms with van der Waals surface area (Å²) in [5.74, 6) is 1.53. The molecule has 3 N–H and O–H groups in total. The molecule has 39 heavy (non-hydrogen) atoms. The Morgan fingerprint density at radius 1 is 1.10 bits per heavy atom. The number of nitrogens with zero attached hydrogens (tertiary/aromatic N) is 3. The summed E-state index contributed by atoms with van der Waals surface area (Å²) in [4.78, 5) is 26.2. The molecule has 11 heteroatoms. The summed E-state index contributed by atoms with van der Waals surface area (Å²) in [6.45, 7) is 5.88. The van der Waals surface area contributed by atoms with Crippen molar-refractivity contribution >= 4 is 38.2 Å². The van der Waals surface area contributed by atoms with E-state index in [0.29, 0.717) is 47.5 Å². The normalized spacial score (nSPS) is 26.2. The van der Waals surface area contributed by atoms with Gasteiger partial charge in [-0.25, -0.2) is 28.2 Å². The Bertz CT molecular complexity index is 1580. The Balaban J connectivity index is 1.34. The molecular weight excluding hydrogens is 518 g/mol. The monoisotopic (exact) mass is 551 g/mol. The van der Waals surface area contributed by atoms with Crippen LogP contribution in [0.4, 0.5) is 11.6 Å². The molecule has 10 nitrogen and oxygen atoms in total. The summed E-state index contributed by atoms with van der Waals surface area (Å²) >= 11 is 0. The number of nitrogens with two attached hydrogens (primary N) is 1. The van der Waals surface area contributed by atoms with Gasteiger partial charge in [-0.3, -0.25) is 0 Å². The van der Waals surface area contributed by atoms with E-state index in [4.69, 9.17) is 20.2 Å². The van der Waals surface area contributed by atoms with Gasteiger partial charge < -0.3 is 20.5 Å². The summed E-state index contributed by atoms with van der Waals surface area (Å²) in [6, 6.07) is 5.39. The van der Waals surface area contributed by atoms with Crippen LogP contribution in [-0.2, 0) is 20.1 Å². The van der Waals surface area contributed by atoms with E-state index in [1.165, 1.54) is 6.26 Å². The molecule has 2 aliphatic carbocycles. The largest absolute Gasteiger partial charge is 0.474 e. The van der Waals surface area contributed by atoms with Crippen molar-refractivity contribution in [1.29, 1.82) is 0 Å². The first-order chi connectivity index (χ1) is 18.4. The molecule has 0 radical (unpaired) electrons. The van der Waals surface area contributed by atoms with Gasteiger partial charge in [0.2, 0.25) is 5.88 Å². The van der Waals surface area contributed by atoms with Crippen LogP contribution in [0.25, 0.3) is 10.8 Å². The van der Waals surface area contributed by atoms with Crippen LogP contribution in [0.2, 0.25) is 0 Å². The Morgan fingerprint density at radius 2 is 1.85 bits per heavy atom. The number of esters is 1. The molecule has 206 valence electrons. The minimum Gasteiger partial charge on any atom is -0.474 e. The van der Waals surface area contributed by atoms with Crippen molar-refractivity contribution in [1.82, 2.24) is 15.0 Å². The van der Waals surface area contributed by atoms with Gasteiger partial charge in [-0.15, -0.1) is 0 Å². The summed E-state index contributed by atoms with van der Waals surface area (Å²) in [5, 5.41) is 4.50. The predicted molar refractivity (Wildman–Crippen MR) is 147 cm³/mol. The van der Waals surface area contributed by atoms with Crippen LogP contribution in [0.5, 0.6) is 5.88 Å². The number of rotatable bonds is 7. The zero-order valence-corrected chi connectivity index (χ0v) is 23.3. The van der Waals surface area contributed by atoms with Gasteiger partial charge in [-0.2, -0.15) is 0 Å². The van der Waals surface area contributed by atoms with Crippen molar-refractivity contribution in [3.63, 3.8) is 0 Å². The second kappa shape index (κ2) is 9.12. The third-order valence-electron chi connectivity index (χ3n) is 8.51. The van der Waals surface area contributed by atoms with Crippen LogP contribution < -0.4 is 15.8 Å². The molecule has 0 aromatic carbocycles. The topological polar surface area (TPSA) is 146 Å². The predicted octanol–water partition coefficient (Wildman–Crippen LogP) is 3.97. The number of carbonyl (C=O) groups excluding carboxylic acids is 1. The molecule has 0 bridgehead atoms. The summed E-state index contributed by atoms with van der Waals surface area (Å²) in [6.07, 6.45) is 7.30. The first-order valence-corrected chi connectivity index (χ1v) is 15.3. The molecular formula is C28H33N5O5S.